The van der Waals surface area contributed by atoms with Crippen LogP contribution in [0.5, 0.6) is 0 Å². The highest BCUT2D eigenvalue weighted by Crippen LogP contribution is 2.30. The number of benzene rings is 2. The van der Waals surface area contributed by atoms with Crippen molar-refractivity contribution in [3.8, 4) is 6.07 Å². The Hall–Kier alpha value is -3.39. The topological polar surface area (TPSA) is 91.3 Å². The zero-order valence-electron chi connectivity index (χ0n) is 13.2. The highest BCUT2D eigenvalue weighted by Gasteiger charge is 2.25. The first-order valence-electron chi connectivity index (χ1n) is 7.56. The normalized spacial score (nSPS) is 15.8. The fraction of sp³-hybridized carbons (Fsp3) is 0.105. The number of nitrogens with two attached hydrogens (primary N) is 1. The van der Waals surface area contributed by atoms with Crippen LogP contribution >= 0.6 is 0 Å². The molecule has 3 N–H and O–H groups in total. The third-order valence-corrected chi connectivity index (χ3v) is 3.91. The van der Waals surface area contributed by atoms with E-state index in [4.69, 9.17) is 5.73 Å². The minimum Gasteiger partial charge on any atom is -0.383 e. The number of aliphatic imine (C=N–C) groups is 1. The summed E-state index contributed by atoms with van der Waals surface area (Å²) in [4.78, 5) is 16.8. The fourth-order valence-electron chi connectivity index (χ4n) is 2.65. The summed E-state index contributed by atoms with van der Waals surface area (Å²) in [6.45, 7) is 1.87. The molecule has 5 heteroatoms. The molecule has 1 amide bonds. The number of amides is 1. The lowest BCUT2D eigenvalue weighted by atomic mass is 10.0. The minimum atomic E-state index is -0.461. The summed E-state index contributed by atoms with van der Waals surface area (Å²) in [5.41, 5.74) is 8.59. The maximum absolute atomic E-state index is 12.6. The molecule has 0 bridgehead atoms. The molecule has 24 heavy (non-hydrogen) atoms. The van der Waals surface area contributed by atoms with Crippen molar-refractivity contribution in [3.05, 3.63) is 76.9 Å². The molecule has 1 atom stereocenters. The van der Waals surface area contributed by atoms with Crippen molar-refractivity contribution in [2.75, 3.05) is 0 Å². The van der Waals surface area contributed by atoms with Crippen LogP contribution in [-0.2, 0) is 4.79 Å². The molecule has 2 aromatic carbocycles. The van der Waals surface area contributed by atoms with Crippen LogP contribution in [0.2, 0.25) is 0 Å². The number of rotatable bonds is 3. The second kappa shape index (κ2) is 6.39. The van der Waals surface area contributed by atoms with Crippen LogP contribution in [0.15, 0.2) is 65.2 Å². The second-order valence-electron chi connectivity index (χ2n) is 5.48. The third kappa shape index (κ3) is 2.77. The molecular weight excluding hydrogens is 300 g/mol. The lowest BCUT2D eigenvalue weighted by molar-refractivity contribution is -0.117. The van der Waals surface area contributed by atoms with Gasteiger partial charge in [0.2, 0.25) is 0 Å². The average molecular weight is 316 g/mol. The van der Waals surface area contributed by atoms with Crippen molar-refractivity contribution in [2.45, 2.75) is 13.0 Å². The van der Waals surface area contributed by atoms with E-state index in [1.165, 1.54) is 0 Å². The van der Waals surface area contributed by atoms with Crippen LogP contribution in [-0.4, -0.2) is 11.7 Å². The Balaban J connectivity index is 1.93. The number of hydrogen-bond donors (Lipinski definition) is 2. The van der Waals surface area contributed by atoms with E-state index in [0.29, 0.717) is 17.1 Å². The van der Waals surface area contributed by atoms with Gasteiger partial charge in [0.15, 0.2) is 0 Å². The third-order valence-electron chi connectivity index (χ3n) is 3.91. The van der Waals surface area contributed by atoms with Crippen molar-refractivity contribution >= 4 is 17.4 Å². The maximum Gasteiger partial charge on any atom is 0.264 e. The molecule has 1 heterocycles. The highest BCUT2D eigenvalue weighted by molar-refractivity contribution is 6.14. The number of fused-ring (bicyclic) bond motifs is 1. The van der Waals surface area contributed by atoms with E-state index in [9.17, 15) is 10.1 Å². The first-order valence-corrected chi connectivity index (χ1v) is 7.56. The summed E-state index contributed by atoms with van der Waals surface area (Å²) in [6.07, 6.45) is 0. The predicted molar refractivity (Wildman–Crippen MR) is 92.7 cm³/mol. The van der Waals surface area contributed by atoms with Gasteiger partial charge in [-0.25, -0.2) is 4.99 Å². The van der Waals surface area contributed by atoms with E-state index in [1.807, 2.05) is 61.5 Å². The lowest BCUT2D eigenvalue weighted by Crippen LogP contribution is -2.28. The fourth-order valence-corrected chi connectivity index (χ4v) is 2.65. The zero-order chi connectivity index (χ0) is 17.1. The number of amidine groups is 1. The van der Waals surface area contributed by atoms with Gasteiger partial charge in [-0.3, -0.25) is 4.79 Å². The Bertz CT molecular complexity index is 891. The quantitative estimate of drug-likeness (QED) is 0.673. The Kier molecular flexibility index (Phi) is 4.13. The molecule has 0 unspecified atom stereocenters. The number of nitrogens with one attached hydrogen (secondary N) is 1. The summed E-state index contributed by atoms with van der Waals surface area (Å²) < 4.78 is 0. The molecule has 0 spiro atoms. The van der Waals surface area contributed by atoms with Crippen molar-refractivity contribution in [2.24, 2.45) is 10.7 Å². The Morgan fingerprint density at radius 2 is 1.75 bits per heavy atom. The van der Waals surface area contributed by atoms with Crippen molar-refractivity contribution in [1.82, 2.24) is 5.32 Å². The zero-order valence-corrected chi connectivity index (χ0v) is 13.2. The molecule has 0 aromatic heterocycles. The van der Waals surface area contributed by atoms with E-state index < -0.39 is 5.91 Å². The van der Waals surface area contributed by atoms with Crippen molar-refractivity contribution in [1.29, 1.82) is 5.26 Å². The van der Waals surface area contributed by atoms with Gasteiger partial charge >= 0.3 is 0 Å². The van der Waals surface area contributed by atoms with Crippen LogP contribution in [0.1, 0.15) is 29.7 Å². The summed E-state index contributed by atoms with van der Waals surface area (Å²) >= 11 is 0. The van der Waals surface area contributed by atoms with Gasteiger partial charge in [0.05, 0.1) is 11.7 Å². The van der Waals surface area contributed by atoms with E-state index in [1.54, 1.807) is 6.07 Å². The predicted octanol–water partition coefficient (Wildman–Crippen LogP) is 2.52. The largest absolute Gasteiger partial charge is 0.383 e. The van der Waals surface area contributed by atoms with Crippen LogP contribution in [0.25, 0.3) is 5.70 Å². The van der Waals surface area contributed by atoms with Crippen LogP contribution in [0, 0.1) is 11.3 Å². The maximum atomic E-state index is 12.6. The standard InChI is InChI=1S/C19H16N4O/c1-12(13-7-3-2-4-8-13)22-19(24)16(11-20)17-14-9-5-6-10-15(14)18(21)23-17/h2-10,12H,1H3,(H2,21,23)(H,22,24)/b17-16-/t12-/m0/s1. The molecule has 2 aromatic rings. The number of hydrogen-bond acceptors (Lipinski definition) is 4. The monoisotopic (exact) mass is 316 g/mol. The van der Waals surface area contributed by atoms with Crippen LogP contribution < -0.4 is 11.1 Å². The second-order valence-corrected chi connectivity index (χ2v) is 5.48. The average Bonchev–Trinajstić information content (AvgIpc) is 2.93. The molecule has 3 rings (SSSR count). The van der Waals surface area contributed by atoms with E-state index in [2.05, 4.69) is 10.3 Å². The molecule has 1 aliphatic rings. The first kappa shape index (κ1) is 15.5. The summed E-state index contributed by atoms with van der Waals surface area (Å²) in [7, 11) is 0. The molecule has 0 aliphatic carbocycles. The molecule has 0 fully saturated rings. The summed E-state index contributed by atoms with van der Waals surface area (Å²) in [5, 5.41) is 12.3. The highest BCUT2D eigenvalue weighted by atomic mass is 16.1. The van der Waals surface area contributed by atoms with Gasteiger partial charge in [-0.2, -0.15) is 5.26 Å². The Labute approximate surface area is 140 Å². The van der Waals surface area contributed by atoms with Gasteiger partial charge in [0, 0.05) is 11.1 Å². The lowest BCUT2D eigenvalue weighted by Gasteiger charge is -2.14. The van der Waals surface area contributed by atoms with Crippen LogP contribution in [0.4, 0.5) is 0 Å². The van der Waals surface area contributed by atoms with E-state index in [-0.39, 0.29) is 11.6 Å². The van der Waals surface area contributed by atoms with Gasteiger partial charge in [-0.15, -0.1) is 0 Å². The Morgan fingerprint density at radius 1 is 1.12 bits per heavy atom. The summed E-state index contributed by atoms with van der Waals surface area (Å²) in [6, 6.07) is 18.6. The van der Waals surface area contributed by atoms with Gasteiger partial charge in [0.1, 0.15) is 17.5 Å². The molecule has 118 valence electrons. The van der Waals surface area contributed by atoms with Gasteiger partial charge in [-0.05, 0) is 12.5 Å². The van der Waals surface area contributed by atoms with E-state index in [0.717, 1.165) is 11.1 Å². The molecule has 0 saturated heterocycles. The number of nitrogens with zero attached hydrogens (tertiary/aromatic N) is 2. The van der Waals surface area contributed by atoms with Crippen LogP contribution in [0.3, 0.4) is 0 Å². The van der Waals surface area contributed by atoms with E-state index >= 15 is 0 Å². The molecule has 0 radical (unpaired) electrons. The Morgan fingerprint density at radius 3 is 2.42 bits per heavy atom. The SMILES string of the molecule is C[C@H](NC(=O)/C(C#N)=C1\N=C(N)c2ccccc21)c1ccccc1. The molecule has 5 nitrogen and oxygen atoms in total. The number of carbonyl (C=O) groups is 1. The molecule has 1 aliphatic heterocycles. The molecule has 0 saturated carbocycles. The van der Waals surface area contributed by atoms with Crippen molar-refractivity contribution < 1.29 is 4.79 Å². The smallest absolute Gasteiger partial charge is 0.264 e. The van der Waals surface area contributed by atoms with Gasteiger partial charge in [0.25, 0.3) is 5.91 Å². The molecular formula is C19H16N4O. The first-order chi connectivity index (χ1) is 11.6. The van der Waals surface area contributed by atoms with Gasteiger partial charge < -0.3 is 11.1 Å². The minimum absolute atomic E-state index is 0.0364. The van der Waals surface area contributed by atoms with Gasteiger partial charge in [-0.1, -0.05) is 54.6 Å². The number of nitriles is 1. The number of carbonyl (C=O) groups excluding carboxylic acids is 1. The summed E-state index contributed by atoms with van der Waals surface area (Å²) in [5.74, 6) is -0.144. The van der Waals surface area contributed by atoms with Crippen molar-refractivity contribution in [3.63, 3.8) is 0 Å².